The van der Waals surface area contributed by atoms with Gasteiger partial charge < -0.3 is 24.1 Å². The van der Waals surface area contributed by atoms with E-state index in [2.05, 4.69) is 0 Å². The number of rotatable bonds is 4. The molecule has 21 heavy (non-hydrogen) atoms. The van der Waals surface area contributed by atoms with Crippen molar-refractivity contribution in [3.05, 3.63) is 0 Å². The van der Waals surface area contributed by atoms with Crippen molar-refractivity contribution in [2.75, 3.05) is 6.61 Å². The number of carbonyl (C=O) groups is 3. The minimum Gasteiger partial charge on any atom is -0.463 e. The minimum absolute atomic E-state index is 0.227. The van der Waals surface area contributed by atoms with Crippen LogP contribution in [0.5, 0.6) is 0 Å². The molecule has 8 heteroatoms. The van der Waals surface area contributed by atoms with E-state index in [1.807, 2.05) is 0 Å². The van der Waals surface area contributed by atoms with Crippen molar-refractivity contribution in [1.29, 1.82) is 0 Å². The summed E-state index contributed by atoms with van der Waals surface area (Å²) in [6, 6.07) is 0. The minimum atomic E-state index is -1.12. The average Bonchev–Trinajstić information content (AvgIpc) is 2.35. The smallest absolute Gasteiger partial charge is 0.304 e. The van der Waals surface area contributed by atoms with Gasteiger partial charge in [-0.2, -0.15) is 0 Å². The lowest BCUT2D eigenvalue weighted by Gasteiger charge is -2.41. The Morgan fingerprint density at radius 3 is 2.10 bits per heavy atom. The molecule has 5 atom stereocenters. The monoisotopic (exact) mass is 304 g/mol. The summed E-state index contributed by atoms with van der Waals surface area (Å²) in [5.41, 5.74) is 0. The molecule has 0 amide bonds. The van der Waals surface area contributed by atoms with Crippen molar-refractivity contribution >= 4 is 17.9 Å². The van der Waals surface area contributed by atoms with Gasteiger partial charge in [-0.25, -0.2) is 0 Å². The predicted molar refractivity (Wildman–Crippen MR) is 67.8 cm³/mol. The molecular formula is C13H20O8. The summed E-state index contributed by atoms with van der Waals surface area (Å²) in [7, 11) is 0. The molecule has 0 radical (unpaired) electrons. The van der Waals surface area contributed by atoms with Gasteiger partial charge >= 0.3 is 17.9 Å². The molecular weight excluding hydrogens is 284 g/mol. The van der Waals surface area contributed by atoms with Crippen LogP contribution in [0, 0.1) is 5.92 Å². The number of aliphatic hydroxyl groups is 1. The van der Waals surface area contributed by atoms with Gasteiger partial charge in [0.1, 0.15) is 18.8 Å². The van der Waals surface area contributed by atoms with Crippen LogP contribution in [0.2, 0.25) is 0 Å². The molecule has 0 aromatic rings. The van der Waals surface area contributed by atoms with Gasteiger partial charge in [-0.15, -0.1) is 0 Å². The van der Waals surface area contributed by atoms with Crippen molar-refractivity contribution in [2.45, 2.75) is 52.3 Å². The molecule has 0 aromatic heterocycles. The van der Waals surface area contributed by atoms with Gasteiger partial charge in [-0.1, -0.05) is 6.92 Å². The van der Waals surface area contributed by atoms with Gasteiger partial charge in [0, 0.05) is 26.7 Å². The number of hydrogen-bond acceptors (Lipinski definition) is 8. The Morgan fingerprint density at radius 2 is 1.62 bits per heavy atom. The second kappa shape index (κ2) is 7.37. The van der Waals surface area contributed by atoms with Crippen LogP contribution in [-0.4, -0.2) is 54.2 Å². The average molecular weight is 304 g/mol. The highest BCUT2D eigenvalue weighted by atomic mass is 16.7. The number of aliphatic hydroxyl groups excluding tert-OH is 1. The molecule has 8 nitrogen and oxygen atoms in total. The second-order valence-electron chi connectivity index (χ2n) is 4.88. The van der Waals surface area contributed by atoms with Crippen LogP contribution in [0.15, 0.2) is 0 Å². The van der Waals surface area contributed by atoms with Crippen LogP contribution in [-0.2, 0) is 33.3 Å². The predicted octanol–water partition coefficient (Wildman–Crippen LogP) is -0.234. The summed E-state index contributed by atoms with van der Waals surface area (Å²) in [5.74, 6) is -2.33. The third-order valence-corrected chi connectivity index (χ3v) is 3.01. The highest BCUT2D eigenvalue weighted by molar-refractivity contribution is 5.67. The molecule has 1 saturated heterocycles. The van der Waals surface area contributed by atoms with E-state index in [1.165, 1.54) is 20.8 Å². The highest BCUT2D eigenvalue weighted by Gasteiger charge is 2.46. The Hall–Kier alpha value is -1.67. The Morgan fingerprint density at radius 1 is 1.05 bits per heavy atom. The van der Waals surface area contributed by atoms with Gasteiger partial charge in [-0.05, 0) is 0 Å². The molecule has 0 bridgehead atoms. The van der Waals surface area contributed by atoms with Crippen molar-refractivity contribution in [2.24, 2.45) is 5.92 Å². The second-order valence-corrected chi connectivity index (χ2v) is 4.88. The fourth-order valence-electron chi connectivity index (χ4n) is 2.02. The molecule has 0 aromatic carbocycles. The molecule has 1 unspecified atom stereocenters. The molecule has 0 saturated carbocycles. The van der Waals surface area contributed by atoms with E-state index < -0.39 is 48.4 Å². The standard InChI is InChI=1S/C13H20O8/c1-6-11(17)12(19-8(3)15)10(5-18-7(2)14)21-13(6)20-9(4)16/h6,10-13,17H,5H2,1-4H3/t6-,10-,11-,12-,13?/m1/s1. The molecule has 0 aliphatic carbocycles. The van der Waals surface area contributed by atoms with E-state index in [0.717, 1.165) is 0 Å². The van der Waals surface area contributed by atoms with E-state index in [1.54, 1.807) is 6.92 Å². The largest absolute Gasteiger partial charge is 0.463 e. The molecule has 0 spiro atoms. The van der Waals surface area contributed by atoms with E-state index in [9.17, 15) is 19.5 Å². The van der Waals surface area contributed by atoms with Crippen molar-refractivity contribution in [1.82, 2.24) is 0 Å². The molecule has 1 fully saturated rings. The first kappa shape index (κ1) is 17.4. The number of esters is 3. The first-order valence-electron chi connectivity index (χ1n) is 6.53. The Balaban J connectivity index is 2.86. The molecule has 1 aliphatic heterocycles. The first-order chi connectivity index (χ1) is 9.72. The number of ether oxygens (including phenoxy) is 4. The summed E-state index contributed by atoms with van der Waals surface area (Å²) in [4.78, 5) is 33.1. The third-order valence-electron chi connectivity index (χ3n) is 3.01. The third kappa shape index (κ3) is 4.98. The first-order valence-corrected chi connectivity index (χ1v) is 6.53. The summed E-state index contributed by atoms with van der Waals surface area (Å²) >= 11 is 0. The van der Waals surface area contributed by atoms with Crippen LogP contribution in [0.3, 0.4) is 0 Å². The maximum atomic E-state index is 11.1. The maximum Gasteiger partial charge on any atom is 0.304 e. The lowest BCUT2D eigenvalue weighted by molar-refractivity contribution is -0.278. The molecule has 1 heterocycles. The van der Waals surface area contributed by atoms with Crippen LogP contribution < -0.4 is 0 Å². The number of carbonyl (C=O) groups excluding carboxylic acids is 3. The van der Waals surface area contributed by atoms with Gasteiger partial charge in [-0.3, -0.25) is 14.4 Å². The summed E-state index contributed by atoms with van der Waals surface area (Å²) in [6.07, 6.45) is -4.06. The van der Waals surface area contributed by atoms with E-state index in [-0.39, 0.29) is 6.61 Å². The Kier molecular flexibility index (Phi) is 6.10. The van der Waals surface area contributed by atoms with E-state index in [4.69, 9.17) is 18.9 Å². The molecule has 120 valence electrons. The van der Waals surface area contributed by atoms with E-state index in [0.29, 0.717) is 0 Å². The van der Waals surface area contributed by atoms with Gasteiger partial charge in [0.05, 0.1) is 0 Å². The zero-order chi connectivity index (χ0) is 16.2. The van der Waals surface area contributed by atoms with Crippen LogP contribution in [0.1, 0.15) is 27.7 Å². The lowest BCUT2D eigenvalue weighted by Crippen LogP contribution is -2.57. The van der Waals surface area contributed by atoms with Crippen LogP contribution >= 0.6 is 0 Å². The van der Waals surface area contributed by atoms with Crippen LogP contribution in [0.25, 0.3) is 0 Å². The molecule has 1 aliphatic rings. The topological polar surface area (TPSA) is 108 Å². The number of hydrogen-bond donors (Lipinski definition) is 1. The van der Waals surface area contributed by atoms with E-state index >= 15 is 0 Å². The normalized spacial score (nSPS) is 32.1. The summed E-state index contributed by atoms with van der Waals surface area (Å²) < 4.78 is 20.3. The van der Waals surface area contributed by atoms with Gasteiger partial charge in [0.25, 0.3) is 0 Å². The molecule has 1 N–H and O–H groups in total. The molecule has 1 rings (SSSR count). The quantitative estimate of drug-likeness (QED) is 0.560. The van der Waals surface area contributed by atoms with Crippen molar-refractivity contribution < 1.29 is 38.4 Å². The zero-order valence-corrected chi connectivity index (χ0v) is 12.4. The summed E-state index contributed by atoms with van der Waals surface area (Å²) in [6.45, 7) is 4.98. The van der Waals surface area contributed by atoms with Gasteiger partial charge in [0.2, 0.25) is 6.29 Å². The fraction of sp³-hybridized carbons (Fsp3) is 0.769. The Labute approximate surface area is 122 Å². The van der Waals surface area contributed by atoms with Crippen LogP contribution in [0.4, 0.5) is 0 Å². The Bertz CT molecular complexity index is 407. The summed E-state index contributed by atoms with van der Waals surface area (Å²) in [5, 5.41) is 10.2. The zero-order valence-electron chi connectivity index (χ0n) is 12.4. The van der Waals surface area contributed by atoms with Crippen molar-refractivity contribution in [3.63, 3.8) is 0 Å². The highest BCUT2D eigenvalue weighted by Crippen LogP contribution is 2.29. The SMILES string of the molecule is CC(=O)OC[C@H]1OC(OC(C)=O)[C@H](C)[C@@H](O)[C@@H]1OC(C)=O. The van der Waals surface area contributed by atoms with Gasteiger partial charge in [0.15, 0.2) is 6.10 Å². The van der Waals surface area contributed by atoms with Crippen molar-refractivity contribution in [3.8, 4) is 0 Å². The fourth-order valence-corrected chi connectivity index (χ4v) is 2.02. The maximum absolute atomic E-state index is 11.1. The lowest BCUT2D eigenvalue weighted by atomic mass is 9.92.